The Balaban J connectivity index is 1.99. The van der Waals surface area contributed by atoms with Gasteiger partial charge in [0.05, 0.1) is 43.5 Å². The van der Waals surface area contributed by atoms with E-state index in [0.717, 1.165) is 38.8 Å². The number of esters is 1. The highest BCUT2D eigenvalue weighted by Crippen LogP contribution is 2.28. The van der Waals surface area contributed by atoms with E-state index in [4.69, 9.17) is 19.2 Å². The predicted molar refractivity (Wildman–Crippen MR) is 122 cm³/mol. The number of anilines is 1. The van der Waals surface area contributed by atoms with Crippen molar-refractivity contribution < 1.29 is 19.0 Å². The largest absolute Gasteiger partial charge is 0.497 e. The number of fused-ring (bicyclic) bond motifs is 1. The highest BCUT2D eigenvalue weighted by molar-refractivity contribution is 5.94. The number of hydrogen-bond acceptors (Lipinski definition) is 7. The number of carbonyl (C=O) groups is 1. The van der Waals surface area contributed by atoms with Crippen LogP contribution < -0.4 is 19.9 Å². The van der Waals surface area contributed by atoms with Crippen LogP contribution in [-0.4, -0.2) is 49.9 Å². The molecule has 1 fully saturated rings. The van der Waals surface area contributed by atoms with Crippen LogP contribution in [0.25, 0.3) is 16.6 Å². The van der Waals surface area contributed by atoms with Crippen molar-refractivity contribution in [2.24, 2.45) is 0 Å². The summed E-state index contributed by atoms with van der Waals surface area (Å²) in [7, 11) is 4.48. The zero-order valence-electron chi connectivity index (χ0n) is 18.6. The van der Waals surface area contributed by atoms with Crippen molar-refractivity contribution in [1.29, 1.82) is 0 Å². The third-order valence-electron chi connectivity index (χ3n) is 5.76. The maximum atomic E-state index is 13.7. The average Bonchev–Trinajstić information content (AvgIpc) is 3.12. The number of methoxy groups -OCH3 is 3. The molecule has 8 nitrogen and oxygen atoms in total. The molecule has 1 aliphatic heterocycles. The van der Waals surface area contributed by atoms with Crippen LogP contribution >= 0.6 is 0 Å². The molecule has 2 heterocycles. The Hall–Kier alpha value is -3.55. The van der Waals surface area contributed by atoms with Crippen LogP contribution in [0.2, 0.25) is 0 Å². The van der Waals surface area contributed by atoms with Crippen molar-refractivity contribution in [3.05, 3.63) is 52.3 Å². The van der Waals surface area contributed by atoms with Gasteiger partial charge in [-0.1, -0.05) is 12.8 Å². The second-order valence-electron chi connectivity index (χ2n) is 7.75. The summed E-state index contributed by atoms with van der Waals surface area (Å²) in [5, 5.41) is 0.415. The van der Waals surface area contributed by atoms with Crippen molar-refractivity contribution in [2.75, 3.05) is 39.3 Å². The Morgan fingerprint density at radius 2 is 1.56 bits per heavy atom. The number of rotatable bonds is 5. The fourth-order valence-electron chi connectivity index (χ4n) is 4.06. The molecule has 168 valence electrons. The van der Waals surface area contributed by atoms with Gasteiger partial charge in [-0.2, -0.15) is 0 Å². The van der Waals surface area contributed by atoms with Crippen molar-refractivity contribution in [3.8, 4) is 17.2 Å². The van der Waals surface area contributed by atoms with Crippen molar-refractivity contribution in [1.82, 2.24) is 9.55 Å². The van der Waals surface area contributed by atoms with Gasteiger partial charge in [0.2, 0.25) is 5.95 Å². The SMILES string of the molecule is COC(=O)c1ccc2c(=O)n(-c3cc(OC)cc(OC)c3)c(N3CCCCCC3)nc2c1. The van der Waals surface area contributed by atoms with Crippen molar-refractivity contribution >= 4 is 22.8 Å². The molecule has 0 aliphatic carbocycles. The molecule has 8 heteroatoms. The summed E-state index contributed by atoms with van der Waals surface area (Å²) in [6.07, 6.45) is 4.34. The number of carbonyl (C=O) groups excluding carboxylic acids is 1. The molecule has 0 bridgehead atoms. The van der Waals surface area contributed by atoms with Gasteiger partial charge >= 0.3 is 5.97 Å². The van der Waals surface area contributed by atoms with Crippen LogP contribution in [0.15, 0.2) is 41.2 Å². The highest BCUT2D eigenvalue weighted by atomic mass is 16.5. The second-order valence-corrected chi connectivity index (χ2v) is 7.75. The standard InChI is InChI=1S/C24H27N3O5/c1-30-18-13-17(14-19(15-18)31-2)27-22(28)20-9-8-16(23(29)32-3)12-21(20)25-24(27)26-10-6-4-5-7-11-26/h8-9,12-15H,4-7,10-11H2,1-3H3. The third-order valence-corrected chi connectivity index (χ3v) is 5.76. The molecule has 1 saturated heterocycles. The van der Waals surface area contributed by atoms with E-state index in [1.165, 1.54) is 7.11 Å². The van der Waals surface area contributed by atoms with Gasteiger partial charge in [-0.3, -0.25) is 4.79 Å². The van der Waals surface area contributed by atoms with Gasteiger partial charge in [-0.15, -0.1) is 0 Å². The topological polar surface area (TPSA) is 82.9 Å². The first kappa shape index (κ1) is 21.7. The summed E-state index contributed by atoms with van der Waals surface area (Å²) < 4.78 is 17.3. The van der Waals surface area contributed by atoms with E-state index in [1.54, 1.807) is 55.2 Å². The van der Waals surface area contributed by atoms with E-state index in [-0.39, 0.29) is 5.56 Å². The molecule has 0 radical (unpaired) electrons. The molecule has 32 heavy (non-hydrogen) atoms. The summed E-state index contributed by atoms with van der Waals surface area (Å²) in [4.78, 5) is 32.8. The van der Waals surface area contributed by atoms with E-state index < -0.39 is 5.97 Å². The molecule has 3 aromatic rings. The molecule has 0 atom stereocenters. The normalized spacial score (nSPS) is 14.2. The maximum absolute atomic E-state index is 13.7. The predicted octanol–water partition coefficient (Wildman–Crippen LogP) is 3.57. The molecule has 0 N–H and O–H groups in total. The molecule has 2 aromatic carbocycles. The molecule has 0 spiro atoms. The fourth-order valence-corrected chi connectivity index (χ4v) is 4.06. The lowest BCUT2D eigenvalue weighted by Crippen LogP contribution is -2.33. The Morgan fingerprint density at radius 1 is 0.906 bits per heavy atom. The number of nitrogens with zero attached hydrogens (tertiary/aromatic N) is 3. The zero-order valence-corrected chi connectivity index (χ0v) is 18.6. The van der Waals surface area contributed by atoms with Gasteiger partial charge in [0.1, 0.15) is 11.5 Å². The first-order chi connectivity index (χ1) is 15.5. The zero-order chi connectivity index (χ0) is 22.7. The van der Waals surface area contributed by atoms with Crippen LogP contribution in [0.4, 0.5) is 5.95 Å². The molecule has 0 amide bonds. The molecule has 1 aliphatic rings. The molecule has 1 aromatic heterocycles. The van der Waals surface area contributed by atoms with E-state index in [2.05, 4.69) is 4.90 Å². The Morgan fingerprint density at radius 3 is 2.16 bits per heavy atom. The van der Waals surface area contributed by atoms with Gasteiger partial charge in [0, 0.05) is 31.3 Å². The fraction of sp³-hybridized carbons (Fsp3) is 0.375. The average molecular weight is 437 g/mol. The van der Waals surface area contributed by atoms with Gasteiger partial charge in [0.15, 0.2) is 0 Å². The first-order valence-electron chi connectivity index (χ1n) is 10.7. The number of benzene rings is 2. The molecular formula is C24H27N3O5. The van der Waals surface area contributed by atoms with Crippen LogP contribution in [-0.2, 0) is 4.74 Å². The Kier molecular flexibility index (Phi) is 6.30. The van der Waals surface area contributed by atoms with Gasteiger partial charge in [-0.05, 0) is 31.0 Å². The van der Waals surface area contributed by atoms with Gasteiger partial charge in [0.25, 0.3) is 5.56 Å². The van der Waals surface area contributed by atoms with Crippen molar-refractivity contribution in [3.63, 3.8) is 0 Å². The molecule has 4 rings (SSSR count). The smallest absolute Gasteiger partial charge is 0.337 e. The minimum Gasteiger partial charge on any atom is -0.497 e. The number of ether oxygens (including phenoxy) is 3. The minimum absolute atomic E-state index is 0.221. The summed E-state index contributed by atoms with van der Waals surface area (Å²) in [6.45, 7) is 1.60. The quantitative estimate of drug-likeness (QED) is 0.564. The lowest BCUT2D eigenvalue weighted by molar-refractivity contribution is 0.0601. The summed E-state index contributed by atoms with van der Waals surface area (Å²) >= 11 is 0. The highest BCUT2D eigenvalue weighted by Gasteiger charge is 2.21. The Labute approximate surface area is 186 Å². The van der Waals surface area contributed by atoms with Crippen LogP contribution in [0.5, 0.6) is 11.5 Å². The first-order valence-corrected chi connectivity index (χ1v) is 10.7. The third kappa shape index (κ3) is 4.12. The number of hydrogen-bond donors (Lipinski definition) is 0. The monoisotopic (exact) mass is 437 g/mol. The Bertz CT molecular complexity index is 1170. The lowest BCUT2D eigenvalue weighted by Gasteiger charge is -2.25. The van der Waals surface area contributed by atoms with Crippen molar-refractivity contribution in [2.45, 2.75) is 25.7 Å². The maximum Gasteiger partial charge on any atom is 0.337 e. The van der Waals surface area contributed by atoms with E-state index in [0.29, 0.717) is 39.6 Å². The van der Waals surface area contributed by atoms with E-state index >= 15 is 0 Å². The van der Waals surface area contributed by atoms with Crippen LogP contribution in [0, 0.1) is 0 Å². The van der Waals surface area contributed by atoms with E-state index in [9.17, 15) is 9.59 Å². The lowest BCUT2D eigenvalue weighted by atomic mass is 10.1. The molecule has 0 unspecified atom stereocenters. The van der Waals surface area contributed by atoms with E-state index in [1.807, 2.05) is 0 Å². The molecule has 0 saturated carbocycles. The van der Waals surface area contributed by atoms with Gasteiger partial charge in [-0.25, -0.2) is 14.3 Å². The minimum atomic E-state index is -0.466. The summed E-state index contributed by atoms with van der Waals surface area (Å²) in [5.41, 5.74) is 1.20. The van der Waals surface area contributed by atoms with Gasteiger partial charge < -0.3 is 19.1 Å². The number of aromatic nitrogens is 2. The summed E-state index contributed by atoms with van der Waals surface area (Å²) in [6, 6.07) is 10.2. The summed E-state index contributed by atoms with van der Waals surface area (Å²) in [5.74, 6) is 1.23. The van der Waals surface area contributed by atoms with Crippen LogP contribution in [0.3, 0.4) is 0 Å². The second kappa shape index (κ2) is 9.30. The molecular weight excluding hydrogens is 410 g/mol. The van der Waals surface area contributed by atoms with Crippen LogP contribution in [0.1, 0.15) is 36.0 Å².